The van der Waals surface area contributed by atoms with Crippen LogP contribution in [0.25, 0.3) is 0 Å². The van der Waals surface area contributed by atoms with Gasteiger partial charge in [0, 0.05) is 24.5 Å². The molecule has 4 heteroatoms. The predicted molar refractivity (Wildman–Crippen MR) is 53.7 cm³/mol. The van der Waals surface area contributed by atoms with Crippen LogP contribution in [0.2, 0.25) is 0 Å². The molecule has 0 aliphatic heterocycles. The molecule has 15 heavy (non-hydrogen) atoms. The number of hydrogen-bond donors (Lipinski definition) is 0. The third-order valence-corrected chi connectivity index (χ3v) is 1.98. The third-order valence-electron chi connectivity index (χ3n) is 1.98. The Hall–Kier alpha value is -2.10. The van der Waals surface area contributed by atoms with E-state index in [4.69, 9.17) is 4.42 Å². The minimum Gasteiger partial charge on any atom is -0.461 e. The Balaban J connectivity index is 2.13. The standard InChI is InChI=1S/C11H9NO3/c13-9-3-5-12(6-4-9)8-10(14)11-2-1-7-15-11/h1-7H,8H2. The molecule has 0 fully saturated rings. The lowest BCUT2D eigenvalue weighted by Gasteiger charge is -2.02. The Morgan fingerprint density at radius 1 is 1.27 bits per heavy atom. The quantitative estimate of drug-likeness (QED) is 0.707. The first-order valence-electron chi connectivity index (χ1n) is 4.48. The molecule has 4 nitrogen and oxygen atoms in total. The first-order chi connectivity index (χ1) is 7.25. The fourth-order valence-electron chi connectivity index (χ4n) is 1.23. The summed E-state index contributed by atoms with van der Waals surface area (Å²) in [6, 6.07) is 6.11. The highest BCUT2D eigenvalue weighted by molar-refractivity contribution is 5.93. The Morgan fingerprint density at radius 2 is 2.00 bits per heavy atom. The van der Waals surface area contributed by atoms with Gasteiger partial charge in [-0.3, -0.25) is 9.59 Å². The molecule has 0 N–H and O–H groups in total. The van der Waals surface area contributed by atoms with Crippen molar-refractivity contribution in [3.63, 3.8) is 0 Å². The van der Waals surface area contributed by atoms with Gasteiger partial charge in [0.05, 0.1) is 12.8 Å². The van der Waals surface area contributed by atoms with E-state index in [2.05, 4.69) is 0 Å². The number of furan rings is 1. The average Bonchev–Trinajstić information content (AvgIpc) is 2.74. The zero-order chi connectivity index (χ0) is 10.7. The van der Waals surface area contributed by atoms with Gasteiger partial charge < -0.3 is 8.98 Å². The Labute approximate surface area is 85.8 Å². The summed E-state index contributed by atoms with van der Waals surface area (Å²) >= 11 is 0. The lowest BCUT2D eigenvalue weighted by Crippen LogP contribution is -2.11. The molecule has 0 saturated carbocycles. The van der Waals surface area contributed by atoms with Gasteiger partial charge in [-0.25, -0.2) is 0 Å². The number of rotatable bonds is 3. The summed E-state index contributed by atoms with van der Waals surface area (Å²) in [5.74, 6) is 0.206. The van der Waals surface area contributed by atoms with Crippen LogP contribution in [0, 0.1) is 0 Å². The Morgan fingerprint density at radius 3 is 2.60 bits per heavy atom. The highest BCUT2D eigenvalue weighted by atomic mass is 16.3. The second kappa shape index (κ2) is 3.96. The Kier molecular flexibility index (Phi) is 2.49. The smallest absolute Gasteiger partial charge is 0.217 e. The number of aromatic nitrogens is 1. The lowest BCUT2D eigenvalue weighted by molar-refractivity contribution is 0.0945. The maximum atomic E-state index is 11.6. The fourth-order valence-corrected chi connectivity index (χ4v) is 1.23. The number of hydrogen-bond acceptors (Lipinski definition) is 3. The molecule has 76 valence electrons. The van der Waals surface area contributed by atoms with Crippen molar-refractivity contribution in [1.29, 1.82) is 0 Å². The SMILES string of the molecule is O=C(Cn1ccc(=O)cc1)c1ccco1. The summed E-state index contributed by atoms with van der Waals surface area (Å²) < 4.78 is 6.60. The van der Waals surface area contributed by atoms with Crippen molar-refractivity contribution >= 4 is 5.78 Å². The fraction of sp³-hybridized carbons (Fsp3) is 0.0909. The molecule has 0 aromatic carbocycles. The molecule has 0 aliphatic rings. The number of carbonyl (C=O) groups is 1. The zero-order valence-corrected chi connectivity index (χ0v) is 7.92. The molecular weight excluding hydrogens is 194 g/mol. The Bertz CT molecular complexity index is 490. The minimum atomic E-state index is -0.122. The third kappa shape index (κ3) is 2.22. The number of carbonyl (C=O) groups excluding carboxylic acids is 1. The van der Waals surface area contributed by atoms with E-state index in [0.717, 1.165) is 0 Å². The maximum Gasteiger partial charge on any atom is 0.217 e. The second-order valence-electron chi connectivity index (χ2n) is 3.11. The van der Waals surface area contributed by atoms with E-state index >= 15 is 0 Å². The normalized spacial score (nSPS) is 10.1. The molecule has 0 amide bonds. The highest BCUT2D eigenvalue weighted by Crippen LogP contribution is 2.02. The molecular formula is C11H9NO3. The molecule has 0 atom stereocenters. The van der Waals surface area contributed by atoms with E-state index in [1.165, 1.54) is 18.4 Å². The number of ketones is 1. The first-order valence-corrected chi connectivity index (χ1v) is 4.48. The first kappa shape index (κ1) is 9.45. The summed E-state index contributed by atoms with van der Waals surface area (Å²) in [4.78, 5) is 22.4. The van der Waals surface area contributed by atoms with Crippen LogP contribution in [0.5, 0.6) is 0 Å². The summed E-state index contributed by atoms with van der Waals surface area (Å²) in [6.07, 6.45) is 4.60. The van der Waals surface area contributed by atoms with Crippen molar-refractivity contribution in [2.75, 3.05) is 0 Å². The second-order valence-corrected chi connectivity index (χ2v) is 3.11. The lowest BCUT2D eigenvalue weighted by atomic mass is 10.3. The molecule has 0 aliphatic carbocycles. The average molecular weight is 203 g/mol. The van der Waals surface area contributed by atoms with Gasteiger partial charge in [0.15, 0.2) is 11.2 Å². The van der Waals surface area contributed by atoms with Crippen LogP contribution >= 0.6 is 0 Å². The van der Waals surface area contributed by atoms with E-state index in [9.17, 15) is 9.59 Å². The molecule has 0 bridgehead atoms. The van der Waals surface area contributed by atoms with E-state index in [1.807, 2.05) is 0 Å². The van der Waals surface area contributed by atoms with Crippen molar-refractivity contribution in [2.24, 2.45) is 0 Å². The number of nitrogens with zero attached hydrogens (tertiary/aromatic N) is 1. The van der Waals surface area contributed by atoms with Gasteiger partial charge in [0.25, 0.3) is 0 Å². The van der Waals surface area contributed by atoms with Gasteiger partial charge in [-0.05, 0) is 12.1 Å². The van der Waals surface area contributed by atoms with Crippen molar-refractivity contribution < 1.29 is 9.21 Å². The maximum absolute atomic E-state index is 11.6. The van der Waals surface area contributed by atoms with Crippen LogP contribution in [0.1, 0.15) is 10.6 Å². The van der Waals surface area contributed by atoms with Gasteiger partial charge in [-0.1, -0.05) is 0 Å². The largest absolute Gasteiger partial charge is 0.461 e. The summed E-state index contributed by atoms with van der Waals surface area (Å²) in [5.41, 5.74) is -0.0725. The van der Waals surface area contributed by atoms with E-state index in [1.54, 1.807) is 29.1 Å². The topological polar surface area (TPSA) is 52.2 Å². The van der Waals surface area contributed by atoms with Crippen LogP contribution in [-0.4, -0.2) is 10.4 Å². The van der Waals surface area contributed by atoms with Crippen molar-refractivity contribution in [2.45, 2.75) is 6.54 Å². The number of pyridine rings is 1. The summed E-state index contributed by atoms with van der Waals surface area (Å²) in [6.45, 7) is 0.174. The molecule has 2 aromatic rings. The minimum absolute atomic E-state index is 0.0725. The van der Waals surface area contributed by atoms with Gasteiger partial charge in [0.2, 0.25) is 5.78 Å². The molecule has 2 heterocycles. The molecule has 2 aromatic heterocycles. The highest BCUT2D eigenvalue weighted by Gasteiger charge is 2.07. The molecule has 0 saturated heterocycles. The van der Waals surface area contributed by atoms with Crippen LogP contribution in [0.15, 0.2) is 52.1 Å². The number of Topliss-reactive ketones (excluding diaryl/α,β-unsaturated/α-hetero) is 1. The van der Waals surface area contributed by atoms with Crippen molar-refractivity contribution in [3.05, 3.63) is 58.9 Å². The van der Waals surface area contributed by atoms with Gasteiger partial charge in [-0.2, -0.15) is 0 Å². The monoisotopic (exact) mass is 203 g/mol. The zero-order valence-electron chi connectivity index (χ0n) is 7.92. The van der Waals surface area contributed by atoms with Crippen LogP contribution in [0.3, 0.4) is 0 Å². The molecule has 0 spiro atoms. The summed E-state index contributed by atoms with van der Waals surface area (Å²) in [7, 11) is 0. The predicted octanol–water partition coefficient (Wildman–Crippen LogP) is 1.32. The van der Waals surface area contributed by atoms with Gasteiger partial charge in [0.1, 0.15) is 0 Å². The van der Waals surface area contributed by atoms with Crippen LogP contribution < -0.4 is 5.43 Å². The van der Waals surface area contributed by atoms with Crippen molar-refractivity contribution in [3.8, 4) is 0 Å². The summed E-state index contributed by atoms with van der Waals surface area (Å²) in [5, 5.41) is 0. The van der Waals surface area contributed by atoms with E-state index in [0.29, 0.717) is 5.76 Å². The van der Waals surface area contributed by atoms with E-state index in [-0.39, 0.29) is 17.8 Å². The van der Waals surface area contributed by atoms with Crippen LogP contribution in [0.4, 0.5) is 0 Å². The molecule has 0 unspecified atom stereocenters. The van der Waals surface area contributed by atoms with E-state index < -0.39 is 0 Å². The van der Waals surface area contributed by atoms with Gasteiger partial charge >= 0.3 is 0 Å². The molecule has 0 radical (unpaired) electrons. The molecule has 2 rings (SSSR count). The van der Waals surface area contributed by atoms with Crippen LogP contribution in [-0.2, 0) is 6.54 Å². The van der Waals surface area contributed by atoms with Gasteiger partial charge in [-0.15, -0.1) is 0 Å². The van der Waals surface area contributed by atoms with Crippen molar-refractivity contribution in [1.82, 2.24) is 4.57 Å².